The molecule has 0 N–H and O–H groups in total. The van der Waals surface area contributed by atoms with E-state index in [-0.39, 0.29) is 6.23 Å². The minimum absolute atomic E-state index is 0.356. The third-order valence-corrected chi connectivity index (χ3v) is 1.79. The van der Waals surface area contributed by atoms with Crippen molar-refractivity contribution in [2.75, 3.05) is 6.61 Å². The van der Waals surface area contributed by atoms with E-state index < -0.39 is 0 Å². The quantitative estimate of drug-likeness (QED) is 0.528. The van der Waals surface area contributed by atoms with Crippen LogP contribution in [-0.4, -0.2) is 12.8 Å². The second kappa shape index (κ2) is 2.43. The van der Waals surface area contributed by atoms with E-state index in [2.05, 4.69) is 19.0 Å². The Balaban J connectivity index is 2.35. The van der Waals surface area contributed by atoms with Crippen LogP contribution in [0.15, 0.2) is 5.18 Å². The van der Waals surface area contributed by atoms with Crippen LogP contribution in [0.4, 0.5) is 0 Å². The molecule has 1 fully saturated rings. The van der Waals surface area contributed by atoms with Crippen molar-refractivity contribution in [2.45, 2.75) is 20.1 Å². The SMILES string of the molecule is CC(C)C1COC1N=O. The average molecular weight is 129 g/mol. The zero-order valence-corrected chi connectivity index (χ0v) is 5.70. The van der Waals surface area contributed by atoms with E-state index >= 15 is 0 Å². The molecule has 1 heterocycles. The fourth-order valence-corrected chi connectivity index (χ4v) is 0.924. The predicted octanol–water partition coefficient (Wildman–Crippen LogP) is 1.38. The van der Waals surface area contributed by atoms with Crippen molar-refractivity contribution in [3.8, 4) is 0 Å². The maximum absolute atomic E-state index is 9.93. The molecule has 0 aromatic heterocycles. The standard InChI is InChI=1S/C6H11NO2/c1-4(2)5-3-9-6(5)7-8/h4-6H,3H2,1-2H3. The van der Waals surface area contributed by atoms with Crippen LogP contribution in [0, 0.1) is 16.7 Å². The van der Waals surface area contributed by atoms with E-state index in [0.717, 1.165) is 0 Å². The van der Waals surface area contributed by atoms with Gasteiger partial charge in [0.1, 0.15) is 0 Å². The third kappa shape index (κ3) is 1.10. The Hall–Kier alpha value is -0.440. The van der Waals surface area contributed by atoms with Crippen LogP contribution in [0.3, 0.4) is 0 Å². The molecule has 9 heavy (non-hydrogen) atoms. The molecule has 3 heteroatoms. The van der Waals surface area contributed by atoms with Gasteiger partial charge in [-0.15, -0.1) is 4.91 Å². The number of nitrogens with zero attached hydrogens (tertiary/aromatic N) is 1. The van der Waals surface area contributed by atoms with Gasteiger partial charge in [0, 0.05) is 5.92 Å². The van der Waals surface area contributed by atoms with Crippen LogP contribution >= 0.6 is 0 Å². The van der Waals surface area contributed by atoms with E-state index in [1.54, 1.807) is 0 Å². The molecule has 1 saturated heterocycles. The molecule has 0 aliphatic carbocycles. The summed E-state index contributed by atoms with van der Waals surface area (Å²) >= 11 is 0. The fraction of sp³-hybridized carbons (Fsp3) is 1.00. The van der Waals surface area contributed by atoms with Gasteiger partial charge in [0.05, 0.1) is 6.61 Å². The zero-order chi connectivity index (χ0) is 6.85. The van der Waals surface area contributed by atoms with E-state index in [0.29, 0.717) is 18.4 Å². The average Bonchev–Trinajstić information content (AvgIpc) is 1.61. The molecule has 2 atom stereocenters. The maximum Gasteiger partial charge on any atom is 0.194 e. The van der Waals surface area contributed by atoms with Crippen LogP contribution in [0.1, 0.15) is 13.8 Å². The molecular formula is C6H11NO2. The lowest BCUT2D eigenvalue weighted by Crippen LogP contribution is -2.41. The monoisotopic (exact) mass is 129 g/mol. The summed E-state index contributed by atoms with van der Waals surface area (Å²) in [4.78, 5) is 9.93. The first-order valence-corrected chi connectivity index (χ1v) is 3.19. The van der Waals surface area contributed by atoms with E-state index in [4.69, 9.17) is 4.74 Å². The van der Waals surface area contributed by atoms with Gasteiger partial charge in [-0.2, -0.15) is 0 Å². The molecular weight excluding hydrogens is 118 g/mol. The molecule has 52 valence electrons. The highest BCUT2D eigenvalue weighted by Crippen LogP contribution is 2.27. The van der Waals surface area contributed by atoms with Gasteiger partial charge < -0.3 is 4.74 Å². The molecule has 2 unspecified atom stereocenters. The van der Waals surface area contributed by atoms with Crippen molar-refractivity contribution in [1.29, 1.82) is 0 Å². The van der Waals surface area contributed by atoms with Crippen molar-refractivity contribution >= 4 is 0 Å². The molecule has 1 aliphatic rings. The minimum Gasteiger partial charge on any atom is -0.352 e. The van der Waals surface area contributed by atoms with Crippen molar-refractivity contribution in [3.63, 3.8) is 0 Å². The Bertz CT molecular complexity index is 114. The molecule has 0 radical (unpaired) electrons. The van der Waals surface area contributed by atoms with Crippen LogP contribution < -0.4 is 0 Å². The largest absolute Gasteiger partial charge is 0.352 e. The normalized spacial score (nSPS) is 34.1. The van der Waals surface area contributed by atoms with E-state index in [1.165, 1.54) is 0 Å². The lowest BCUT2D eigenvalue weighted by molar-refractivity contribution is -0.127. The summed E-state index contributed by atoms with van der Waals surface area (Å²) in [6.45, 7) is 4.85. The second-order valence-electron chi connectivity index (χ2n) is 2.74. The van der Waals surface area contributed by atoms with Crippen LogP contribution in [-0.2, 0) is 4.74 Å². The Morgan fingerprint density at radius 3 is 2.44 bits per heavy atom. The number of rotatable bonds is 2. The Morgan fingerprint density at radius 1 is 1.67 bits per heavy atom. The van der Waals surface area contributed by atoms with Gasteiger partial charge in [0.25, 0.3) is 0 Å². The first-order valence-electron chi connectivity index (χ1n) is 3.19. The van der Waals surface area contributed by atoms with Crippen LogP contribution in [0.2, 0.25) is 0 Å². The zero-order valence-electron chi connectivity index (χ0n) is 5.70. The summed E-state index contributed by atoms with van der Waals surface area (Å²) in [6, 6.07) is 0. The molecule has 0 saturated carbocycles. The third-order valence-electron chi connectivity index (χ3n) is 1.79. The minimum atomic E-state index is -0.356. The highest BCUT2D eigenvalue weighted by atomic mass is 16.5. The molecule has 3 nitrogen and oxygen atoms in total. The Labute approximate surface area is 54.4 Å². The predicted molar refractivity (Wildman–Crippen MR) is 33.9 cm³/mol. The summed E-state index contributed by atoms with van der Waals surface area (Å²) < 4.78 is 4.87. The van der Waals surface area contributed by atoms with Crippen molar-refractivity contribution in [2.24, 2.45) is 17.0 Å². The summed E-state index contributed by atoms with van der Waals surface area (Å²) in [5.41, 5.74) is 0. The van der Waals surface area contributed by atoms with Crippen LogP contribution in [0.25, 0.3) is 0 Å². The highest BCUT2D eigenvalue weighted by molar-refractivity contribution is 4.78. The molecule has 0 spiro atoms. The highest BCUT2D eigenvalue weighted by Gasteiger charge is 2.35. The summed E-state index contributed by atoms with van der Waals surface area (Å²) in [5.74, 6) is 0.879. The number of ether oxygens (including phenoxy) is 1. The molecule has 0 aromatic carbocycles. The van der Waals surface area contributed by atoms with Crippen molar-refractivity contribution < 1.29 is 4.74 Å². The topological polar surface area (TPSA) is 38.7 Å². The maximum atomic E-state index is 9.93. The van der Waals surface area contributed by atoms with Gasteiger partial charge in [-0.05, 0) is 11.1 Å². The summed E-state index contributed by atoms with van der Waals surface area (Å²) in [5, 5.41) is 2.82. The smallest absolute Gasteiger partial charge is 0.194 e. The van der Waals surface area contributed by atoms with Gasteiger partial charge in [0.2, 0.25) is 0 Å². The van der Waals surface area contributed by atoms with Crippen molar-refractivity contribution in [1.82, 2.24) is 0 Å². The number of nitroso groups, excluding NO2 is 1. The molecule has 1 aliphatic heterocycles. The molecule has 0 amide bonds. The molecule has 0 aromatic rings. The number of hydrogen-bond donors (Lipinski definition) is 0. The molecule has 1 rings (SSSR count). The van der Waals surface area contributed by atoms with Gasteiger partial charge in [-0.1, -0.05) is 13.8 Å². The van der Waals surface area contributed by atoms with Crippen LogP contribution in [0.5, 0.6) is 0 Å². The lowest BCUT2D eigenvalue weighted by atomic mass is 9.92. The Kier molecular flexibility index (Phi) is 1.81. The second-order valence-corrected chi connectivity index (χ2v) is 2.74. The summed E-state index contributed by atoms with van der Waals surface area (Å²) in [7, 11) is 0. The van der Waals surface area contributed by atoms with Crippen molar-refractivity contribution in [3.05, 3.63) is 4.91 Å². The van der Waals surface area contributed by atoms with Gasteiger partial charge in [-0.25, -0.2) is 0 Å². The van der Waals surface area contributed by atoms with Gasteiger partial charge >= 0.3 is 0 Å². The summed E-state index contributed by atoms with van der Waals surface area (Å²) in [6.07, 6.45) is -0.356. The lowest BCUT2D eigenvalue weighted by Gasteiger charge is -2.34. The Morgan fingerprint density at radius 2 is 2.33 bits per heavy atom. The first-order chi connectivity index (χ1) is 4.25. The van der Waals surface area contributed by atoms with Gasteiger partial charge in [-0.3, -0.25) is 0 Å². The molecule has 0 bridgehead atoms. The number of hydrogen-bond acceptors (Lipinski definition) is 3. The van der Waals surface area contributed by atoms with E-state index in [1.807, 2.05) is 0 Å². The van der Waals surface area contributed by atoms with E-state index in [9.17, 15) is 4.91 Å². The first kappa shape index (κ1) is 6.68. The fourth-order valence-electron chi connectivity index (χ4n) is 0.924. The van der Waals surface area contributed by atoms with Gasteiger partial charge in [0.15, 0.2) is 6.23 Å².